The molecule has 0 aliphatic rings. The topological polar surface area (TPSA) is 66.6 Å². The molecule has 0 atom stereocenters. The van der Waals surface area contributed by atoms with E-state index in [0.717, 1.165) is 22.6 Å². The Morgan fingerprint density at radius 1 is 1.04 bits per heavy atom. The number of aryl methyl sites for hydroxylation is 2. The van der Waals surface area contributed by atoms with Gasteiger partial charge in [0.2, 0.25) is 0 Å². The largest absolute Gasteiger partial charge is 0.506 e. The molecule has 138 valence electrons. The molecule has 3 aromatic rings. The van der Waals surface area contributed by atoms with Crippen LogP contribution >= 0.6 is 31.9 Å². The number of carbonyl (C=O) groups is 1. The molecule has 0 aliphatic heterocycles. The highest BCUT2D eigenvalue weighted by Crippen LogP contribution is 2.32. The van der Waals surface area contributed by atoms with Crippen LogP contribution in [0.25, 0.3) is 5.69 Å². The van der Waals surface area contributed by atoms with Gasteiger partial charge in [0.1, 0.15) is 5.75 Å². The van der Waals surface area contributed by atoms with Crippen molar-refractivity contribution in [3.63, 3.8) is 0 Å². The number of nitrogens with zero attached hydrogens (tertiary/aromatic N) is 2. The normalized spacial score (nSPS) is 11.1. The Balaban J connectivity index is 1.70. The van der Waals surface area contributed by atoms with Gasteiger partial charge in [-0.25, -0.2) is 5.43 Å². The zero-order valence-electron chi connectivity index (χ0n) is 14.7. The Kier molecular flexibility index (Phi) is 5.82. The van der Waals surface area contributed by atoms with Crippen molar-refractivity contribution < 1.29 is 9.90 Å². The van der Waals surface area contributed by atoms with E-state index in [1.54, 1.807) is 24.3 Å². The summed E-state index contributed by atoms with van der Waals surface area (Å²) in [5.41, 5.74) is 7.04. The minimum Gasteiger partial charge on any atom is -0.506 e. The van der Waals surface area contributed by atoms with Crippen LogP contribution in [0.1, 0.15) is 27.3 Å². The lowest BCUT2D eigenvalue weighted by Gasteiger charge is -2.10. The number of aromatic hydroxyl groups is 1. The van der Waals surface area contributed by atoms with Gasteiger partial charge in [0.05, 0.1) is 15.2 Å². The van der Waals surface area contributed by atoms with E-state index in [2.05, 4.69) is 59.1 Å². The first-order valence-corrected chi connectivity index (χ1v) is 9.72. The highest BCUT2D eigenvalue weighted by Gasteiger charge is 2.08. The van der Waals surface area contributed by atoms with Gasteiger partial charge in [0.15, 0.2) is 0 Å². The summed E-state index contributed by atoms with van der Waals surface area (Å²) in [6, 6.07) is 14.9. The summed E-state index contributed by atoms with van der Waals surface area (Å²) in [5.74, 6) is -0.180. The van der Waals surface area contributed by atoms with Gasteiger partial charge in [-0.2, -0.15) is 5.10 Å². The standard InChI is InChI=1S/C20H17Br2N3O2/c1-12-3-4-13(2)25(12)16-7-5-15(6-8-16)20(27)24-23-11-14-9-17(21)19(26)18(22)10-14/h3-11,26H,1-2H3,(H,24,27)/b23-11-. The van der Waals surface area contributed by atoms with Gasteiger partial charge >= 0.3 is 0 Å². The number of rotatable bonds is 4. The van der Waals surface area contributed by atoms with Crippen molar-refractivity contribution in [1.29, 1.82) is 0 Å². The number of hydrogen-bond donors (Lipinski definition) is 2. The first kappa shape index (κ1) is 19.4. The second-order valence-electron chi connectivity index (χ2n) is 6.03. The third kappa shape index (κ3) is 4.31. The fraction of sp³-hybridized carbons (Fsp3) is 0.100. The van der Waals surface area contributed by atoms with Crippen molar-refractivity contribution in [2.45, 2.75) is 13.8 Å². The van der Waals surface area contributed by atoms with Crippen molar-refractivity contribution in [3.8, 4) is 11.4 Å². The molecule has 1 amide bonds. The van der Waals surface area contributed by atoms with Crippen molar-refractivity contribution in [3.05, 3.63) is 80.0 Å². The monoisotopic (exact) mass is 489 g/mol. The second-order valence-corrected chi connectivity index (χ2v) is 7.74. The molecule has 5 nitrogen and oxygen atoms in total. The highest BCUT2D eigenvalue weighted by atomic mass is 79.9. The van der Waals surface area contributed by atoms with Crippen LogP contribution in [0.15, 0.2) is 62.6 Å². The maximum Gasteiger partial charge on any atom is 0.271 e. The van der Waals surface area contributed by atoms with Gasteiger partial charge in [-0.3, -0.25) is 4.79 Å². The number of aromatic nitrogens is 1. The Morgan fingerprint density at radius 2 is 1.59 bits per heavy atom. The molecule has 7 heteroatoms. The Labute approximate surface area is 174 Å². The van der Waals surface area contributed by atoms with Crippen molar-refractivity contribution in [1.82, 2.24) is 9.99 Å². The predicted octanol–water partition coefficient (Wildman–Crippen LogP) is 5.09. The number of amides is 1. The molecule has 0 saturated heterocycles. The average Bonchev–Trinajstić information content (AvgIpc) is 2.98. The third-order valence-electron chi connectivity index (χ3n) is 4.08. The van der Waals surface area contributed by atoms with Crippen LogP contribution in [0.3, 0.4) is 0 Å². The number of nitrogens with one attached hydrogen (secondary N) is 1. The number of carbonyl (C=O) groups excluding carboxylic acids is 1. The van der Waals surface area contributed by atoms with E-state index < -0.39 is 0 Å². The Bertz CT molecular complexity index is 982. The van der Waals surface area contributed by atoms with E-state index >= 15 is 0 Å². The van der Waals surface area contributed by atoms with E-state index in [-0.39, 0.29) is 11.7 Å². The summed E-state index contributed by atoms with van der Waals surface area (Å²) in [5, 5.41) is 13.7. The second kappa shape index (κ2) is 8.10. The summed E-state index contributed by atoms with van der Waals surface area (Å²) in [6.07, 6.45) is 1.51. The Hall–Kier alpha value is -2.38. The van der Waals surface area contributed by atoms with Gasteiger partial charge in [-0.1, -0.05) is 0 Å². The number of benzene rings is 2. The summed E-state index contributed by atoms with van der Waals surface area (Å²) in [7, 11) is 0. The van der Waals surface area contributed by atoms with Gasteiger partial charge in [0.25, 0.3) is 5.91 Å². The number of hydrogen-bond acceptors (Lipinski definition) is 3. The lowest BCUT2D eigenvalue weighted by Crippen LogP contribution is -2.17. The smallest absolute Gasteiger partial charge is 0.271 e. The van der Waals surface area contributed by atoms with Crippen LogP contribution in [-0.4, -0.2) is 21.8 Å². The van der Waals surface area contributed by atoms with E-state index in [9.17, 15) is 9.90 Å². The first-order valence-electron chi connectivity index (χ1n) is 8.13. The molecule has 2 N–H and O–H groups in total. The van der Waals surface area contributed by atoms with Crippen LogP contribution in [0.5, 0.6) is 5.75 Å². The van der Waals surface area contributed by atoms with E-state index in [4.69, 9.17) is 0 Å². The van der Waals surface area contributed by atoms with Crippen LogP contribution in [0, 0.1) is 13.8 Å². The summed E-state index contributed by atoms with van der Waals surface area (Å²) < 4.78 is 3.20. The molecule has 0 radical (unpaired) electrons. The van der Waals surface area contributed by atoms with Crippen molar-refractivity contribution in [2.24, 2.45) is 5.10 Å². The van der Waals surface area contributed by atoms with E-state index in [1.165, 1.54) is 6.21 Å². The third-order valence-corrected chi connectivity index (χ3v) is 5.29. The lowest BCUT2D eigenvalue weighted by atomic mass is 10.2. The molecule has 0 saturated carbocycles. The van der Waals surface area contributed by atoms with Gasteiger partial charge < -0.3 is 9.67 Å². The molecule has 1 aromatic heterocycles. The minimum absolute atomic E-state index is 0.115. The molecule has 27 heavy (non-hydrogen) atoms. The van der Waals surface area contributed by atoms with Gasteiger partial charge in [-0.15, -0.1) is 0 Å². The van der Waals surface area contributed by atoms with Gasteiger partial charge in [-0.05, 0) is 99.8 Å². The van der Waals surface area contributed by atoms with Crippen molar-refractivity contribution >= 4 is 44.0 Å². The molecule has 2 aromatic carbocycles. The quantitative estimate of drug-likeness (QED) is 0.395. The first-order chi connectivity index (χ1) is 12.9. The molecule has 0 spiro atoms. The molecule has 0 fully saturated rings. The predicted molar refractivity (Wildman–Crippen MR) is 114 cm³/mol. The molecular weight excluding hydrogens is 474 g/mol. The maximum atomic E-state index is 12.3. The minimum atomic E-state index is -0.296. The van der Waals surface area contributed by atoms with Crippen LogP contribution in [-0.2, 0) is 0 Å². The maximum absolute atomic E-state index is 12.3. The molecule has 0 aliphatic carbocycles. The number of phenols is 1. The molecule has 0 bridgehead atoms. The Morgan fingerprint density at radius 3 is 2.15 bits per heavy atom. The zero-order chi connectivity index (χ0) is 19.6. The fourth-order valence-electron chi connectivity index (χ4n) is 2.73. The fourth-order valence-corrected chi connectivity index (χ4v) is 3.95. The van der Waals surface area contributed by atoms with E-state index in [1.807, 2.05) is 26.0 Å². The lowest BCUT2D eigenvalue weighted by molar-refractivity contribution is 0.0955. The van der Waals surface area contributed by atoms with Crippen molar-refractivity contribution in [2.75, 3.05) is 0 Å². The summed E-state index contributed by atoms with van der Waals surface area (Å²) in [4.78, 5) is 12.3. The molecule has 0 unspecified atom stereocenters. The van der Waals surface area contributed by atoms with Crippen LogP contribution in [0.2, 0.25) is 0 Å². The zero-order valence-corrected chi connectivity index (χ0v) is 17.9. The van der Waals surface area contributed by atoms with E-state index in [0.29, 0.717) is 14.5 Å². The molecule has 1 heterocycles. The number of hydrazone groups is 1. The number of phenolic OH excluding ortho intramolecular Hbond substituents is 1. The molecule has 3 rings (SSSR count). The number of halogens is 2. The average molecular weight is 491 g/mol. The highest BCUT2D eigenvalue weighted by molar-refractivity contribution is 9.11. The summed E-state index contributed by atoms with van der Waals surface area (Å²) >= 11 is 6.51. The van der Waals surface area contributed by atoms with Gasteiger partial charge in [0, 0.05) is 22.6 Å². The van der Waals surface area contributed by atoms with Crippen LogP contribution in [0.4, 0.5) is 0 Å². The SMILES string of the molecule is Cc1ccc(C)n1-c1ccc(C(=O)N/N=C\c2cc(Br)c(O)c(Br)c2)cc1. The summed E-state index contributed by atoms with van der Waals surface area (Å²) in [6.45, 7) is 4.09. The molecular formula is C20H17Br2N3O2. The van der Waals surface area contributed by atoms with Crippen LogP contribution < -0.4 is 5.43 Å².